The van der Waals surface area contributed by atoms with Crippen molar-refractivity contribution in [2.24, 2.45) is 28.6 Å². The topological polar surface area (TPSA) is 92.0 Å². The molecule has 0 N–H and O–H groups in total. The molecule has 0 spiro atoms. The Kier molecular flexibility index (Phi) is 4.15. The number of ether oxygens (including phenoxy) is 3. The minimum Gasteiger partial charge on any atom is -0.469 e. The van der Waals surface area contributed by atoms with Crippen LogP contribution in [0.3, 0.4) is 0 Å². The van der Waals surface area contributed by atoms with Gasteiger partial charge in [-0.1, -0.05) is 13.3 Å². The van der Waals surface area contributed by atoms with Crippen LogP contribution in [0.1, 0.15) is 57.3 Å². The van der Waals surface area contributed by atoms with Gasteiger partial charge in [0, 0.05) is 30.7 Å². The summed E-state index contributed by atoms with van der Waals surface area (Å²) in [7, 11) is 1.37. The molecule has 0 bridgehead atoms. The van der Waals surface area contributed by atoms with Crippen molar-refractivity contribution in [1.82, 2.24) is 0 Å². The number of esters is 3. The molecule has 1 aromatic heterocycles. The van der Waals surface area contributed by atoms with E-state index in [1.54, 1.807) is 12.3 Å². The Balaban J connectivity index is 1.72. The molecule has 1 aliphatic heterocycles. The molecule has 0 aromatic carbocycles. The fourth-order valence-electron chi connectivity index (χ4n) is 7.47. The van der Waals surface area contributed by atoms with E-state index >= 15 is 0 Å². The molecule has 2 saturated carbocycles. The Morgan fingerprint density at radius 3 is 2.70 bits per heavy atom. The third kappa shape index (κ3) is 2.35. The van der Waals surface area contributed by atoms with E-state index in [4.69, 9.17) is 18.6 Å². The number of rotatable bonds is 2. The maximum atomic E-state index is 13.0. The van der Waals surface area contributed by atoms with Crippen LogP contribution in [0, 0.1) is 28.6 Å². The highest BCUT2D eigenvalue weighted by Crippen LogP contribution is 2.68. The Morgan fingerprint density at radius 2 is 2.00 bits per heavy atom. The summed E-state index contributed by atoms with van der Waals surface area (Å²) < 4.78 is 22.7. The predicted molar refractivity (Wildman–Crippen MR) is 103 cm³/mol. The normalized spacial score (nSPS) is 43.7. The van der Waals surface area contributed by atoms with Gasteiger partial charge in [0.1, 0.15) is 18.0 Å². The molecule has 7 nitrogen and oxygen atoms in total. The van der Waals surface area contributed by atoms with Crippen molar-refractivity contribution in [3.8, 4) is 0 Å². The summed E-state index contributed by atoms with van der Waals surface area (Å²) >= 11 is 0. The van der Waals surface area contributed by atoms with Gasteiger partial charge in [0.25, 0.3) is 0 Å². The van der Waals surface area contributed by atoms with Crippen LogP contribution in [-0.2, 0) is 35.0 Å². The van der Waals surface area contributed by atoms with E-state index < -0.39 is 29.5 Å². The van der Waals surface area contributed by atoms with Gasteiger partial charge in [0.15, 0.2) is 0 Å². The molecule has 2 heterocycles. The van der Waals surface area contributed by atoms with Crippen LogP contribution in [0.4, 0.5) is 0 Å². The summed E-state index contributed by atoms with van der Waals surface area (Å²) in [6.45, 7) is 5.56. The van der Waals surface area contributed by atoms with E-state index in [1.807, 2.05) is 6.92 Å². The lowest BCUT2D eigenvalue weighted by molar-refractivity contribution is -0.204. The molecular weight excluding hydrogens is 388 g/mol. The number of hydrogen-bond acceptors (Lipinski definition) is 7. The second kappa shape index (κ2) is 6.34. The van der Waals surface area contributed by atoms with Crippen LogP contribution in [0.2, 0.25) is 0 Å². The maximum Gasteiger partial charge on any atom is 0.313 e. The summed E-state index contributed by atoms with van der Waals surface area (Å²) in [5.74, 6) is -1.30. The molecule has 162 valence electrons. The SMILES string of the molecule is COC(=O)[C@@H]1c2ccoc2C[C@H]2[C@H]1[C@@H](OC(C)=O)[C@@H]1OC(=O)[C@]3(C)CCC[C@@]2(C)[C@@H]13. The van der Waals surface area contributed by atoms with E-state index in [0.717, 1.165) is 30.6 Å². The Hall–Kier alpha value is -2.31. The molecule has 1 saturated heterocycles. The molecule has 3 aliphatic carbocycles. The van der Waals surface area contributed by atoms with Crippen molar-refractivity contribution in [2.45, 2.75) is 64.6 Å². The first-order valence-electron chi connectivity index (χ1n) is 10.7. The van der Waals surface area contributed by atoms with Crippen LogP contribution in [-0.4, -0.2) is 37.2 Å². The molecule has 0 amide bonds. The monoisotopic (exact) mass is 416 g/mol. The second-order valence-corrected chi connectivity index (χ2v) is 9.89. The molecule has 4 aliphatic rings. The van der Waals surface area contributed by atoms with E-state index in [0.29, 0.717) is 6.42 Å². The summed E-state index contributed by atoms with van der Waals surface area (Å²) in [5.41, 5.74) is -0.0714. The second-order valence-electron chi connectivity index (χ2n) is 9.89. The van der Waals surface area contributed by atoms with Gasteiger partial charge in [-0.05, 0) is 37.2 Å². The number of carbonyl (C=O) groups is 3. The van der Waals surface area contributed by atoms with Gasteiger partial charge in [0.05, 0.1) is 24.7 Å². The number of methoxy groups -OCH3 is 1. The molecule has 0 radical (unpaired) electrons. The van der Waals surface area contributed by atoms with Crippen molar-refractivity contribution >= 4 is 17.9 Å². The van der Waals surface area contributed by atoms with E-state index in [9.17, 15) is 14.4 Å². The first-order chi connectivity index (χ1) is 14.2. The molecule has 1 aromatic rings. The maximum absolute atomic E-state index is 13.0. The number of hydrogen-bond donors (Lipinski definition) is 0. The van der Waals surface area contributed by atoms with Gasteiger partial charge in [-0.25, -0.2) is 0 Å². The van der Waals surface area contributed by atoms with Gasteiger partial charge < -0.3 is 18.6 Å². The van der Waals surface area contributed by atoms with Gasteiger partial charge in [-0.3, -0.25) is 14.4 Å². The molecular formula is C23H28O7. The molecule has 3 fully saturated rings. The van der Waals surface area contributed by atoms with Gasteiger partial charge >= 0.3 is 17.9 Å². The fourth-order valence-corrected chi connectivity index (χ4v) is 7.47. The minimum atomic E-state index is -0.693. The lowest BCUT2D eigenvalue weighted by Gasteiger charge is -2.60. The first-order valence-corrected chi connectivity index (χ1v) is 10.7. The number of fused-ring (bicyclic) bond motifs is 3. The van der Waals surface area contributed by atoms with Gasteiger partial charge in [-0.2, -0.15) is 0 Å². The average molecular weight is 416 g/mol. The summed E-state index contributed by atoms with van der Waals surface area (Å²) in [6, 6.07) is 1.80. The molecule has 7 heteroatoms. The third-order valence-corrected chi connectivity index (χ3v) is 8.52. The molecule has 0 unspecified atom stereocenters. The summed E-state index contributed by atoms with van der Waals surface area (Å²) in [6.07, 6.45) is 3.60. The lowest BCUT2D eigenvalue weighted by atomic mass is 9.42. The zero-order valence-electron chi connectivity index (χ0n) is 17.8. The van der Waals surface area contributed by atoms with Crippen LogP contribution in [0.5, 0.6) is 0 Å². The summed E-state index contributed by atoms with van der Waals surface area (Å²) in [5, 5.41) is 0. The number of furan rings is 1. The van der Waals surface area contributed by atoms with Crippen molar-refractivity contribution in [2.75, 3.05) is 7.11 Å². The van der Waals surface area contributed by atoms with E-state index in [2.05, 4.69) is 6.92 Å². The molecule has 30 heavy (non-hydrogen) atoms. The minimum absolute atomic E-state index is 0.0000231. The van der Waals surface area contributed by atoms with Gasteiger partial charge in [0.2, 0.25) is 0 Å². The van der Waals surface area contributed by atoms with Crippen LogP contribution < -0.4 is 0 Å². The Labute approximate surface area is 175 Å². The quantitative estimate of drug-likeness (QED) is 0.540. The smallest absolute Gasteiger partial charge is 0.313 e. The van der Waals surface area contributed by atoms with Crippen molar-refractivity contribution < 1.29 is 33.0 Å². The van der Waals surface area contributed by atoms with Gasteiger partial charge in [-0.15, -0.1) is 0 Å². The highest BCUT2D eigenvalue weighted by Gasteiger charge is 2.72. The Morgan fingerprint density at radius 1 is 1.23 bits per heavy atom. The molecule has 5 rings (SSSR count). The first kappa shape index (κ1) is 19.6. The van der Waals surface area contributed by atoms with Crippen LogP contribution >= 0.6 is 0 Å². The largest absolute Gasteiger partial charge is 0.469 e. The number of carbonyl (C=O) groups excluding carboxylic acids is 3. The zero-order chi connectivity index (χ0) is 21.4. The standard InChI is InChI=1S/C23H28O7/c1-11(24)29-17-16-13(10-14-12(6-9-28-14)15(16)20(25)27-4)22(2)7-5-8-23(3)19(22)18(17)30-21(23)26/h6,9,13,15-19H,5,7-8,10H2,1-4H3/t13-,15+,16+,17+,18-,19+,22+,23+/m0/s1. The zero-order valence-corrected chi connectivity index (χ0v) is 17.8. The van der Waals surface area contributed by atoms with E-state index in [1.165, 1.54) is 14.0 Å². The van der Waals surface area contributed by atoms with Crippen LogP contribution in [0.15, 0.2) is 16.7 Å². The summed E-state index contributed by atoms with van der Waals surface area (Å²) in [4.78, 5) is 38.1. The third-order valence-electron chi connectivity index (χ3n) is 8.52. The van der Waals surface area contributed by atoms with Crippen molar-refractivity contribution in [1.29, 1.82) is 0 Å². The van der Waals surface area contributed by atoms with Crippen LogP contribution in [0.25, 0.3) is 0 Å². The van der Waals surface area contributed by atoms with E-state index in [-0.39, 0.29) is 35.1 Å². The fraction of sp³-hybridized carbons (Fsp3) is 0.696. The lowest BCUT2D eigenvalue weighted by Crippen LogP contribution is -2.64. The van der Waals surface area contributed by atoms with Crippen molar-refractivity contribution in [3.63, 3.8) is 0 Å². The van der Waals surface area contributed by atoms with Crippen molar-refractivity contribution in [3.05, 3.63) is 23.7 Å². The molecule has 8 atom stereocenters. The predicted octanol–water partition coefficient (Wildman–Crippen LogP) is 3.01. The highest BCUT2D eigenvalue weighted by atomic mass is 16.6. The average Bonchev–Trinajstić information content (AvgIpc) is 3.26. The Bertz CT molecular complexity index is 918. The highest BCUT2D eigenvalue weighted by molar-refractivity contribution is 5.82.